The molecule has 4 rings (SSSR count). The van der Waals surface area contributed by atoms with Crippen LogP contribution in [-0.4, -0.2) is 89.6 Å². The molecule has 0 amide bonds. The number of carbonyl (C=O) groups is 1. The van der Waals surface area contributed by atoms with Crippen molar-refractivity contribution in [2.75, 3.05) is 13.7 Å². The molecule has 15 nitrogen and oxygen atoms in total. The predicted octanol–water partition coefficient (Wildman–Crippen LogP) is -1.28. The second kappa shape index (κ2) is 9.64. The highest BCUT2D eigenvalue weighted by molar-refractivity contribution is 7.46. The van der Waals surface area contributed by atoms with Crippen LogP contribution in [0.25, 0.3) is 0 Å². The summed E-state index contributed by atoms with van der Waals surface area (Å²) in [6.45, 7) is -0.552. The zero-order valence-corrected chi connectivity index (χ0v) is 19.1. The quantitative estimate of drug-likeness (QED) is 0.196. The van der Waals surface area contributed by atoms with E-state index in [-0.39, 0.29) is 23.0 Å². The van der Waals surface area contributed by atoms with E-state index in [2.05, 4.69) is 14.5 Å². The molecule has 1 aromatic carbocycles. The maximum Gasteiger partial charge on any atom is 0.470 e. The van der Waals surface area contributed by atoms with Crippen molar-refractivity contribution in [3.05, 3.63) is 47.9 Å². The van der Waals surface area contributed by atoms with Gasteiger partial charge in [0.05, 0.1) is 11.9 Å². The summed E-state index contributed by atoms with van der Waals surface area (Å²) in [5.74, 6) is -0.739. The van der Waals surface area contributed by atoms with E-state index >= 15 is 0 Å². The molecule has 35 heavy (non-hydrogen) atoms. The highest BCUT2D eigenvalue weighted by Crippen LogP contribution is 2.44. The number of esters is 1. The van der Waals surface area contributed by atoms with E-state index in [0.717, 1.165) is 6.33 Å². The van der Waals surface area contributed by atoms with Crippen LogP contribution >= 0.6 is 7.82 Å². The third-order valence-corrected chi connectivity index (χ3v) is 6.10. The van der Waals surface area contributed by atoms with E-state index in [1.807, 2.05) is 0 Å². The molecule has 7 N–H and O–H groups in total. The highest BCUT2D eigenvalue weighted by atomic mass is 31.2. The van der Waals surface area contributed by atoms with E-state index in [1.54, 1.807) is 18.2 Å². The van der Waals surface area contributed by atoms with Crippen LogP contribution in [0.4, 0.5) is 5.82 Å². The summed E-state index contributed by atoms with van der Waals surface area (Å²) < 4.78 is 28.3. The number of nitrogens with zero attached hydrogens (tertiary/aromatic N) is 4. The molecular weight excluding hydrogens is 489 g/mol. The first-order chi connectivity index (χ1) is 16.5. The third-order valence-electron chi connectivity index (χ3n) is 5.59. The maximum absolute atomic E-state index is 12.3. The average Bonchev–Trinajstić information content (AvgIpc) is 3.23. The van der Waals surface area contributed by atoms with Gasteiger partial charge >= 0.3 is 13.8 Å². The fourth-order valence-electron chi connectivity index (χ4n) is 3.78. The number of hydrogen-bond donors (Lipinski definition) is 6. The first-order valence-electron chi connectivity index (χ1n) is 10.3. The molecule has 0 radical (unpaired) electrons. The summed E-state index contributed by atoms with van der Waals surface area (Å²) in [6, 6.07) is 7.97. The monoisotopic (exact) mass is 513 g/mol. The molecule has 6 atom stereocenters. The average molecular weight is 513 g/mol. The van der Waals surface area contributed by atoms with E-state index in [0.29, 0.717) is 0 Å². The molecule has 1 aromatic heterocycles. The molecule has 16 heteroatoms. The zero-order chi connectivity index (χ0) is 25.5. The van der Waals surface area contributed by atoms with Crippen molar-refractivity contribution in [1.82, 2.24) is 14.5 Å². The second-order valence-electron chi connectivity index (χ2n) is 7.89. The zero-order valence-electron chi connectivity index (χ0n) is 18.2. The number of imidazole rings is 1. The Morgan fingerprint density at radius 1 is 1.20 bits per heavy atom. The summed E-state index contributed by atoms with van der Waals surface area (Å²) in [5, 5.41) is 32.2. The van der Waals surface area contributed by atoms with E-state index in [9.17, 15) is 34.5 Å². The van der Waals surface area contributed by atoms with Crippen molar-refractivity contribution in [2.45, 2.75) is 36.9 Å². The number of benzene rings is 1. The first kappa shape index (κ1) is 25.2. The number of rotatable bonds is 6. The Morgan fingerprint density at radius 3 is 2.54 bits per heavy atom. The molecular formula is C19H24N5O10P. The minimum atomic E-state index is -5.18. The number of nitrogens with two attached hydrogens (primary N) is 1. The van der Waals surface area contributed by atoms with Crippen molar-refractivity contribution in [3.8, 4) is 0 Å². The molecule has 2 aromatic rings. The molecule has 0 saturated carbocycles. The number of aliphatic hydroxyl groups excluding tert-OH is 3. The Labute approximate surface area is 198 Å². The Bertz CT molecular complexity index is 1150. The van der Waals surface area contributed by atoms with Crippen molar-refractivity contribution < 1.29 is 48.5 Å². The molecule has 190 valence electrons. The van der Waals surface area contributed by atoms with Gasteiger partial charge in [-0.15, -0.1) is 0 Å². The molecule has 2 aliphatic heterocycles. The molecule has 0 spiro atoms. The standard InChI is InChI=1S/C19H24N5O10P/c1-23-16(27)11-15(22-19(23)20)21-8-24(11)17-13(26)14(34-35(29,30)31)12(25)10(33-17)7-32-18(28)9-5-3-2-4-6-9/h2-6,8,10,12-14,16-17,25-27H,7H2,1H3,(H2,20,22)(H2,29,30,31)/t10-,12-,13-,14+,16?,17-/m1/s1. The van der Waals surface area contributed by atoms with Gasteiger partial charge in [-0.3, -0.25) is 9.09 Å². The lowest BCUT2D eigenvalue weighted by Crippen LogP contribution is -2.57. The summed E-state index contributed by atoms with van der Waals surface area (Å²) in [6.07, 6.45) is -8.59. The number of aliphatic hydroxyl groups is 3. The number of ether oxygens (including phenoxy) is 2. The lowest BCUT2D eigenvalue weighted by Gasteiger charge is -2.43. The number of phosphoric acid groups is 1. The van der Waals surface area contributed by atoms with Crippen molar-refractivity contribution >= 4 is 25.6 Å². The largest absolute Gasteiger partial charge is 0.470 e. The molecule has 3 heterocycles. The van der Waals surface area contributed by atoms with Crippen LogP contribution in [0, 0.1) is 0 Å². The lowest BCUT2D eigenvalue weighted by molar-refractivity contribution is -0.248. The summed E-state index contributed by atoms with van der Waals surface area (Å²) >= 11 is 0. The first-order valence-corrected chi connectivity index (χ1v) is 11.8. The van der Waals surface area contributed by atoms with Gasteiger partial charge in [-0.1, -0.05) is 18.2 Å². The van der Waals surface area contributed by atoms with E-state index < -0.39 is 57.3 Å². The molecule has 0 bridgehead atoms. The number of aliphatic imine (C=N–C) groups is 1. The van der Waals surface area contributed by atoms with Gasteiger partial charge in [0.15, 0.2) is 24.2 Å². The van der Waals surface area contributed by atoms with Gasteiger partial charge in [-0.25, -0.2) is 14.3 Å². The van der Waals surface area contributed by atoms with Crippen LogP contribution in [-0.2, 0) is 18.6 Å². The smallest absolute Gasteiger partial charge is 0.459 e. The number of carbonyl (C=O) groups excluding carboxylic acids is 1. The minimum absolute atomic E-state index is 0.0227. The van der Waals surface area contributed by atoms with Crippen LogP contribution in [0.2, 0.25) is 0 Å². The SMILES string of the molecule is CN1C(N)=Nc2ncn([C@@H]3O[C@H](COC(=O)c4ccccc4)[C@@H](O)[C@H](OP(=O)(O)O)[C@H]3O)c2C1O. The molecule has 2 aliphatic rings. The Balaban J connectivity index is 1.64. The molecule has 1 saturated heterocycles. The van der Waals surface area contributed by atoms with Crippen LogP contribution < -0.4 is 5.73 Å². The number of guanidine groups is 1. The summed E-state index contributed by atoms with van der Waals surface area (Å²) in [4.78, 5) is 40.3. The van der Waals surface area contributed by atoms with E-state index in [1.165, 1.54) is 28.6 Å². The fourth-order valence-corrected chi connectivity index (χ4v) is 4.34. The van der Waals surface area contributed by atoms with Gasteiger partial charge in [0, 0.05) is 7.05 Å². The van der Waals surface area contributed by atoms with Gasteiger partial charge in [-0.05, 0) is 12.1 Å². The van der Waals surface area contributed by atoms with Crippen molar-refractivity contribution in [3.63, 3.8) is 0 Å². The maximum atomic E-state index is 12.3. The predicted molar refractivity (Wildman–Crippen MR) is 116 cm³/mol. The van der Waals surface area contributed by atoms with Gasteiger partial charge in [0.25, 0.3) is 0 Å². The number of phosphoric ester groups is 1. The topological polar surface area (TPSA) is 222 Å². The lowest BCUT2D eigenvalue weighted by atomic mass is 9.98. The van der Waals surface area contributed by atoms with Crippen molar-refractivity contribution in [2.24, 2.45) is 10.7 Å². The number of hydrogen-bond acceptors (Lipinski definition) is 12. The Kier molecular flexibility index (Phi) is 6.95. The van der Waals surface area contributed by atoms with Crippen LogP contribution in [0.1, 0.15) is 28.5 Å². The van der Waals surface area contributed by atoms with Crippen molar-refractivity contribution in [1.29, 1.82) is 0 Å². The Morgan fingerprint density at radius 2 is 1.89 bits per heavy atom. The van der Waals surface area contributed by atoms with Crippen LogP contribution in [0.5, 0.6) is 0 Å². The minimum Gasteiger partial charge on any atom is -0.459 e. The molecule has 1 fully saturated rings. The number of aromatic nitrogens is 2. The van der Waals surface area contributed by atoms with Crippen LogP contribution in [0.3, 0.4) is 0 Å². The normalized spacial score (nSPS) is 28.9. The second-order valence-corrected chi connectivity index (χ2v) is 9.08. The number of fused-ring (bicyclic) bond motifs is 1. The van der Waals surface area contributed by atoms with Gasteiger partial charge in [0.1, 0.15) is 36.7 Å². The Hall–Kier alpha value is -2.88. The molecule has 1 unspecified atom stereocenters. The highest BCUT2D eigenvalue weighted by Gasteiger charge is 2.50. The summed E-state index contributed by atoms with van der Waals surface area (Å²) in [7, 11) is -3.73. The van der Waals surface area contributed by atoms with Gasteiger partial charge in [-0.2, -0.15) is 4.99 Å². The third kappa shape index (κ3) is 5.07. The van der Waals surface area contributed by atoms with Crippen LogP contribution in [0.15, 0.2) is 41.7 Å². The van der Waals surface area contributed by atoms with Gasteiger partial charge < -0.3 is 45.2 Å². The summed E-state index contributed by atoms with van der Waals surface area (Å²) in [5.41, 5.74) is 6.02. The fraction of sp³-hybridized carbons (Fsp3) is 0.421. The van der Waals surface area contributed by atoms with E-state index in [4.69, 9.17) is 15.2 Å². The molecule has 0 aliphatic carbocycles. The van der Waals surface area contributed by atoms with Gasteiger partial charge in [0.2, 0.25) is 0 Å².